The van der Waals surface area contributed by atoms with Crippen LogP contribution >= 0.6 is 11.3 Å². The van der Waals surface area contributed by atoms with E-state index in [4.69, 9.17) is 9.72 Å². The molecule has 0 saturated carbocycles. The number of aryl methyl sites for hydroxylation is 1. The van der Waals surface area contributed by atoms with Crippen molar-refractivity contribution in [2.75, 3.05) is 33.4 Å². The van der Waals surface area contributed by atoms with Crippen molar-refractivity contribution in [3.8, 4) is 10.6 Å². The van der Waals surface area contributed by atoms with Crippen LogP contribution in [0.5, 0.6) is 0 Å². The molecule has 1 aliphatic rings. The van der Waals surface area contributed by atoms with Gasteiger partial charge in [0.05, 0.1) is 25.5 Å². The van der Waals surface area contributed by atoms with Crippen LogP contribution < -0.4 is 10.6 Å². The molecule has 4 rings (SSSR count). The number of aromatic nitrogens is 1. The maximum absolute atomic E-state index is 5.48. The van der Waals surface area contributed by atoms with E-state index in [0.29, 0.717) is 6.54 Å². The fourth-order valence-corrected chi connectivity index (χ4v) is 4.75. The van der Waals surface area contributed by atoms with Crippen molar-refractivity contribution in [1.29, 1.82) is 0 Å². The fraction of sp³-hybridized carbons (Fsp3) is 0.360. The molecule has 6 nitrogen and oxygen atoms in total. The zero-order valence-corrected chi connectivity index (χ0v) is 19.6. The molecule has 2 aromatic carbocycles. The number of nitrogens with zero attached hydrogens (tertiary/aromatic N) is 3. The Morgan fingerprint density at radius 2 is 1.69 bits per heavy atom. The van der Waals surface area contributed by atoms with Crippen molar-refractivity contribution in [1.82, 2.24) is 20.5 Å². The summed E-state index contributed by atoms with van der Waals surface area (Å²) >= 11 is 1.73. The van der Waals surface area contributed by atoms with Gasteiger partial charge in [0.2, 0.25) is 0 Å². The normalized spacial score (nSPS) is 15.0. The lowest BCUT2D eigenvalue weighted by molar-refractivity contribution is 0.0341. The number of thiazole rings is 1. The molecule has 168 valence electrons. The molecular weight excluding hydrogens is 418 g/mol. The average molecular weight is 450 g/mol. The van der Waals surface area contributed by atoms with Gasteiger partial charge >= 0.3 is 0 Å². The Kier molecular flexibility index (Phi) is 7.87. The van der Waals surface area contributed by atoms with Gasteiger partial charge in [-0.3, -0.25) is 9.89 Å². The number of morpholine rings is 1. The second-order valence-electron chi connectivity index (χ2n) is 7.83. The molecule has 1 aliphatic heterocycles. The maximum atomic E-state index is 5.48. The van der Waals surface area contributed by atoms with Crippen LogP contribution in [0.1, 0.15) is 21.7 Å². The van der Waals surface area contributed by atoms with E-state index in [9.17, 15) is 0 Å². The second kappa shape index (κ2) is 11.2. The molecule has 1 saturated heterocycles. The molecular formula is C25H31N5OS. The first-order valence-electron chi connectivity index (χ1n) is 11.1. The number of rotatable bonds is 7. The third kappa shape index (κ3) is 5.94. The Morgan fingerprint density at radius 1 is 1.00 bits per heavy atom. The third-order valence-electron chi connectivity index (χ3n) is 5.62. The molecule has 0 bridgehead atoms. The SMILES string of the molecule is CN=C(NCc1ccccc1CN1CCOCC1)NCc1sc(-c2ccccc2)nc1C. The van der Waals surface area contributed by atoms with Crippen LogP contribution in [0.2, 0.25) is 0 Å². The van der Waals surface area contributed by atoms with Gasteiger partial charge in [-0.2, -0.15) is 0 Å². The summed E-state index contributed by atoms with van der Waals surface area (Å²) in [4.78, 5) is 12.8. The predicted octanol–water partition coefficient (Wildman–Crippen LogP) is 3.82. The summed E-state index contributed by atoms with van der Waals surface area (Å²) in [6, 6.07) is 18.9. The highest BCUT2D eigenvalue weighted by Gasteiger charge is 2.13. The van der Waals surface area contributed by atoms with Gasteiger partial charge in [-0.15, -0.1) is 11.3 Å². The molecule has 7 heteroatoms. The first-order valence-corrected chi connectivity index (χ1v) is 11.9. The highest BCUT2D eigenvalue weighted by molar-refractivity contribution is 7.15. The maximum Gasteiger partial charge on any atom is 0.191 e. The summed E-state index contributed by atoms with van der Waals surface area (Å²) < 4.78 is 5.48. The van der Waals surface area contributed by atoms with Crippen molar-refractivity contribution in [2.45, 2.75) is 26.6 Å². The molecule has 0 spiro atoms. The Balaban J connectivity index is 1.34. The summed E-state index contributed by atoms with van der Waals surface area (Å²) in [6.07, 6.45) is 0. The van der Waals surface area contributed by atoms with E-state index in [1.807, 2.05) is 25.2 Å². The van der Waals surface area contributed by atoms with Crippen molar-refractivity contribution < 1.29 is 4.74 Å². The molecule has 32 heavy (non-hydrogen) atoms. The largest absolute Gasteiger partial charge is 0.379 e. The Morgan fingerprint density at radius 3 is 2.44 bits per heavy atom. The highest BCUT2D eigenvalue weighted by Crippen LogP contribution is 2.27. The van der Waals surface area contributed by atoms with Crippen LogP contribution in [0.3, 0.4) is 0 Å². The van der Waals surface area contributed by atoms with Gasteiger partial charge in [0, 0.05) is 43.7 Å². The number of aliphatic imine (C=N–C) groups is 1. The van der Waals surface area contributed by atoms with Crippen molar-refractivity contribution >= 4 is 17.3 Å². The van der Waals surface area contributed by atoms with Crippen LogP contribution in [0, 0.1) is 6.92 Å². The minimum atomic E-state index is 0.700. The molecule has 2 N–H and O–H groups in total. The number of ether oxygens (including phenoxy) is 1. The van der Waals surface area contributed by atoms with Gasteiger partial charge in [-0.05, 0) is 18.1 Å². The van der Waals surface area contributed by atoms with Gasteiger partial charge in [0.15, 0.2) is 5.96 Å². The molecule has 0 aliphatic carbocycles. The van der Waals surface area contributed by atoms with Gasteiger partial charge in [0.25, 0.3) is 0 Å². The summed E-state index contributed by atoms with van der Waals surface area (Å²) in [7, 11) is 1.81. The summed E-state index contributed by atoms with van der Waals surface area (Å²) in [5, 5.41) is 7.97. The van der Waals surface area contributed by atoms with Gasteiger partial charge in [0.1, 0.15) is 5.01 Å². The van der Waals surface area contributed by atoms with E-state index in [-0.39, 0.29) is 0 Å². The van der Waals surface area contributed by atoms with E-state index in [1.165, 1.54) is 16.0 Å². The molecule has 0 radical (unpaired) electrons. The van der Waals surface area contributed by atoms with Crippen LogP contribution in [0.4, 0.5) is 0 Å². The van der Waals surface area contributed by atoms with E-state index >= 15 is 0 Å². The van der Waals surface area contributed by atoms with Crippen molar-refractivity contribution in [2.24, 2.45) is 4.99 Å². The first-order chi connectivity index (χ1) is 15.7. The minimum Gasteiger partial charge on any atom is -0.379 e. The lowest BCUT2D eigenvalue weighted by atomic mass is 10.1. The number of hydrogen-bond acceptors (Lipinski definition) is 5. The molecule has 0 unspecified atom stereocenters. The standard InChI is InChI=1S/C25H31N5OS/c1-19-23(32-24(29-19)20-8-4-3-5-9-20)17-28-25(26-2)27-16-21-10-6-7-11-22(21)18-30-12-14-31-15-13-30/h3-11H,12-18H2,1-2H3,(H2,26,27,28). The summed E-state index contributed by atoms with van der Waals surface area (Å²) in [6.45, 7) is 8.07. The zero-order valence-electron chi connectivity index (χ0n) is 18.8. The molecule has 1 aromatic heterocycles. The number of hydrogen-bond donors (Lipinski definition) is 2. The monoisotopic (exact) mass is 449 g/mol. The van der Waals surface area contributed by atoms with Crippen molar-refractivity contribution in [3.63, 3.8) is 0 Å². The summed E-state index contributed by atoms with van der Waals surface area (Å²) in [5.74, 6) is 0.792. The number of guanidine groups is 1. The fourth-order valence-electron chi connectivity index (χ4n) is 3.74. The van der Waals surface area contributed by atoms with Crippen LogP contribution in [0.15, 0.2) is 59.6 Å². The smallest absolute Gasteiger partial charge is 0.191 e. The Bertz CT molecular complexity index is 1030. The van der Waals surface area contributed by atoms with Crippen molar-refractivity contribution in [3.05, 3.63) is 76.3 Å². The molecule has 2 heterocycles. The number of benzene rings is 2. The minimum absolute atomic E-state index is 0.700. The predicted molar refractivity (Wildman–Crippen MR) is 132 cm³/mol. The Labute approximate surface area is 194 Å². The quantitative estimate of drug-likeness (QED) is 0.424. The van der Waals surface area contributed by atoms with Gasteiger partial charge in [-0.1, -0.05) is 54.6 Å². The van der Waals surface area contributed by atoms with Crippen LogP contribution in [0.25, 0.3) is 10.6 Å². The lowest BCUT2D eigenvalue weighted by Gasteiger charge is -2.27. The second-order valence-corrected chi connectivity index (χ2v) is 8.91. The van der Waals surface area contributed by atoms with Gasteiger partial charge in [-0.25, -0.2) is 4.98 Å². The Hall–Kier alpha value is -2.74. The van der Waals surface area contributed by atoms with Crippen LogP contribution in [-0.4, -0.2) is 49.2 Å². The topological polar surface area (TPSA) is 61.8 Å². The molecule has 0 amide bonds. The van der Waals surface area contributed by atoms with E-state index in [2.05, 4.69) is 63.8 Å². The molecule has 3 aromatic rings. The first kappa shape index (κ1) is 22.5. The molecule has 0 atom stereocenters. The highest BCUT2D eigenvalue weighted by atomic mass is 32.1. The third-order valence-corrected chi connectivity index (χ3v) is 6.82. The lowest BCUT2D eigenvalue weighted by Crippen LogP contribution is -2.37. The van der Waals surface area contributed by atoms with Gasteiger partial charge < -0.3 is 15.4 Å². The van der Waals surface area contributed by atoms with E-state index in [0.717, 1.165) is 61.6 Å². The number of nitrogens with one attached hydrogen (secondary N) is 2. The average Bonchev–Trinajstić information content (AvgIpc) is 3.22. The van der Waals surface area contributed by atoms with E-state index in [1.54, 1.807) is 11.3 Å². The molecule has 1 fully saturated rings. The summed E-state index contributed by atoms with van der Waals surface area (Å²) in [5.41, 5.74) is 4.87. The zero-order chi connectivity index (χ0) is 22.2. The van der Waals surface area contributed by atoms with Crippen LogP contribution in [-0.2, 0) is 24.4 Å². The van der Waals surface area contributed by atoms with E-state index < -0.39 is 0 Å².